The number of nitrogens with zero attached hydrogens (tertiary/aromatic N) is 2. The molecule has 0 spiro atoms. The van der Waals surface area contributed by atoms with Crippen LogP contribution in [-0.2, 0) is 0 Å². The summed E-state index contributed by atoms with van der Waals surface area (Å²) in [6.45, 7) is 0. The normalized spacial score (nSPS) is 10.4. The Morgan fingerprint density at radius 1 is 0.895 bits per heavy atom. The average molecular weight is 250 g/mol. The molecule has 0 fully saturated rings. The second kappa shape index (κ2) is 4.94. The van der Waals surface area contributed by atoms with Crippen molar-refractivity contribution in [1.82, 2.24) is 9.97 Å². The van der Waals surface area contributed by atoms with Crippen molar-refractivity contribution in [2.24, 2.45) is 0 Å². The van der Waals surface area contributed by atoms with E-state index in [-0.39, 0.29) is 0 Å². The van der Waals surface area contributed by atoms with Gasteiger partial charge in [-0.25, -0.2) is 4.98 Å². The van der Waals surface area contributed by atoms with Gasteiger partial charge in [0.25, 0.3) is 0 Å². The van der Waals surface area contributed by atoms with E-state index in [0.717, 1.165) is 28.1 Å². The summed E-state index contributed by atoms with van der Waals surface area (Å²) in [6, 6.07) is 14.0. The molecular formula is C15H14N4. The van der Waals surface area contributed by atoms with Gasteiger partial charge < -0.3 is 10.6 Å². The third kappa shape index (κ3) is 2.47. The highest BCUT2D eigenvalue weighted by Gasteiger charge is 1.99. The number of hydrogen-bond donors (Lipinski definition) is 2. The highest BCUT2D eigenvalue weighted by atomic mass is 15.0. The van der Waals surface area contributed by atoms with Gasteiger partial charge in [0, 0.05) is 42.3 Å². The first kappa shape index (κ1) is 11.5. The molecule has 2 N–H and O–H groups in total. The summed E-state index contributed by atoms with van der Waals surface area (Å²) in [4.78, 5) is 8.50. The minimum atomic E-state index is 0.840. The lowest BCUT2D eigenvalue weighted by molar-refractivity contribution is 1.28. The molecule has 3 aromatic rings. The topological polar surface area (TPSA) is 49.8 Å². The Hall–Kier alpha value is -2.62. The standard InChI is InChI=1S/C15H14N4/c1-16-15-10-13(6-8-18-15)19-12-4-5-14-11(9-12)3-2-7-17-14/h2-10H,1H3,(H2,16,18,19). The molecule has 0 aliphatic carbocycles. The number of nitrogens with one attached hydrogen (secondary N) is 2. The molecule has 1 aromatic carbocycles. The molecule has 2 heterocycles. The van der Waals surface area contributed by atoms with E-state index in [2.05, 4.69) is 32.7 Å². The minimum Gasteiger partial charge on any atom is -0.373 e. The van der Waals surface area contributed by atoms with Gasteiger partial charge in [-0.2, -0.15) is 0 Å². The van der Waals surface area contributed by atoms with Gasteiger partial charge >= 0.3 is 0 Å². The van der Waals surface area contributed by atoms with E-state index >= 15 is 0 Å². The molecule has 4 nitrogen and oxygen atoms in total. The van der Waals surface area contributed by atoms with Crippen LogP contribution >= 0.6 is 0 Å². The lowest BCUT2D eigenvalue weighted by Crippen LogP contribution is -1.95. The van der Waals surface area contributed by atoms with Crippen molar-refractivity contribution >= 4 is 28.1 Å². The van der Waals surface area contributed by atoms with Crippen LogP contribution in [0.3, 0.4) is 0 Å². The number of anilines is 3. The molecule has 0 unspecified atom stereocenters. The van der Waals surface area contributed by atoms with Gasteiger partial charge in [0.1, 0.15) is 5.82 Å². The Balaban J connectivity index is 1.92. The number of fused-ring (bicyclic) bond motifs is 1. The first-order valence-electron chi connectivity index (χ1n) is 6.11. The molecule has 0 saturated heterocycles. The maximum absolute atomic E-state index is 4.31. The van der Waals surface area contributed by atoms with E-state index in [1.165, 1.54) is 0 Å². The SMILES string of the molecule is CNc1cc(Nc2ccc3ncccc3c2)ccn1. The molecule has 0 amide bonds. The van der Waals surface area contributed by atoms with Crippen LogP contribution in [0.25, 0.3) is 10.9 Å². The predicted octanol–water partition coefficient (Wildman–Crippen LogP) is 3.42. The van der Waals surface area contributed by atoms with Crippen molar-refractivity contribution in [3.63, 3.8) is 0 Å². The molecule has 0 radical (unpaired) electrons. The Morgan fingerprint density at radius 2 is 1.79 bits per heavy atom. The van der Waals surface area contributed by atoms with Crippen molar-refractivity contribution in [3.05, 3.63) is 54.9 Å². The van der Waals surface area contributed by atoms with Crippen molar-refractivity contribution < 1.29 is 0 Å². The van der Waals surface area contributed by atoms with E-state index in [9.17, 15) is 0 Å². The number of hydrogen-bond acceptors (Lipinski definition) is 4. The number of benzene rings is 1. The van der Waals surface area contributed by atoms with Gasteiger partial charge in [0.2, 0.25) is 0 Å². The van der Waals surface area contributed by atoms with Crippen molar-refractivity contribution in [1.29, 1.82) is 0 Å². The molecule has 3 rings (SSSR count). The fourth-order valence-corrected chi connectivity index (χ4v) is 1.97. The first-order valence-corrected chi connectivity index (χ1v) is 6.11. The fraction of sp³-hybridized carbons (Fsp3) is 0.0667. The number of aromatic nitrogens is 2. The maximum atomic E-state index is 4.31. The second-order valence-corrected chi connectivity index (χ2v) is 4.22. The number of pyridine rings is 2. The van der Waals surface area contributed by atoms with Gasteiger partial charge in [-0.05, 0) is 30.3 Å². The highest BCUT2D eigenvalue weighted by Crippen LogP contribution is 2.21. The van der Waals surface area contributed by atoms with Crippen molar-refractivity contribution in [2.45, 2.75) is 0 Å². The summed E-state index contributed by atoms with van der Waals surface area (Å²) >= 11 is 0. The summed E-state index contributed by atoms with van der Waals surface area (Å²) in [5, 5.41) is 7.51. The van der Waals surface area contributed by atoms with E-state index in [0.29, 0.717) is 0 Å². The zero-order chi connectivity index (χ0) is 13.1. The van der Waals surface area contributed by atoms with Crippen molar-refractivity contribution in [3.8, 4) is 0 Å². The van der Waals surface area contributed by atoms with Crippen molar-refractivity contribution in [2.75, 3.05) is 17.7 Å². The molecule has 94 valence electrons. The number of rotatable bonds is 3. The van der Waals surface area contributed by atoms with Crippen LogP contribution in [0.15, 0.2) is 54.9 Å². The van der Waals surface area contributed by atoms with Crippen LogP contribution in [0.5, 0.6) is 0 Å². The third-order valence-electron chi connectivity index (χ3n) is 2.91. The lowest BCUT2D eigenvalue weighted by atomic mass is 10.2. The second-order valence-electron chi connectivity index (χ2n) is 4.22. The van der Waals surface area contributed by atoms with Gasteiger partial charge in [0.05, 0.1) is 5.52 Å². The summed E-state index contributed by atoms with van der Waals surface area (Å²) in [5.74, 6) is 0.840. The molecule has 0 atom stereocenters. The van der Waals surface area contributed by atoms with Gasteiger partial charge in [-0.1, -0.05) is 6.07 Å². The molecule has 2 aromatic heterocycles. The van der Waals surface area contributed by atoms with Gasteiger partial charge in [-0.15, -0.1) is 0 Å². The Labute approximate surface area is 111 Å². The quantitative estimate of drug-likeness (QED) is 0.748. The molecule has 0 aliphatic heterocycles. The molecule has 19 heavy (non-hydrogen) atoms. The average Bonchev–Trinajstić information content (AvgIpc) is 2.47. The van der Waals surface area contributed by atoms with Crippen LogP contribution in [0.4, 0.5) is 17.2 Å². The molecule has 4 heteroatoms. The van der Waals surface area contributed by atoms with Crippen LogP contribution in [-0.4, -0.2) is 17.0 Å². The molecule has 0 saturated carbocycles. The summed E-state index contributed by atoms with van der Waals surface area (Å²) in [5.41, 5.74) is 3.04. The van der Waals surface area contributed by atoms with Gasteiger partial charge in [0.15, 0.2) is 0 Å². The van der Waals surface area contributed by atoms with Crippen LogP contribution in [0.1, 0.15) is 0 Å². The highest BCUT2D eigenvalue weighted by molar-refractivity contribution is 5.83. The molecule has 0 bridgehead atoms. The zero-order valence-electron chi connectivity index (χ0n) is 10.6. The largest absolute Gasteiger partial charge is 0.373 e. The maximum Gasteiger partial charge on any atom is 0.127 e. The lowest BCUT2D eigenvalue weighted by Gasteiger charge is -2.08. The molecular weight excluding hydrogens is 236 g/mol. The summed E-state index contributed by atoms with van der Waals surface area (Å²) in [6.07, 6.45) is 3.58. The Bertz CT molecular complexity index is 709. The van der Waals surface area contributed by atoms with Crippen LogP contribution in [0, 0.1) is 0 Å². The van der Waals surface area contributed by atoms with E-state index in [1.807, 2.05) is 37.4 Å². The third-order valence-corrected chi connectivity index (χ3v) is 2.91. The predicted molar refractivity (Wildman–Crippen MR) is 78.8 cm³/mol. The smallest absolute Gasteiger partial charge is 0.127 e. The first-order chi connectivity index (χ1) is 9.35. The van der Waals surface area contributed by atoms with E-state index in [4.69, 9.17) is 0 Å². The molecule has 0 aliphatic rings. The Morgan fingerprint density at radius 3 is 2.68 bits per heavy atom. The van der Waals surface area contributed by atoms with Gasteiger partial charge in [-0.3, -0.25) is 4.98 Å². The Kier molecular flexibility index (Phi) is 2.98. The van der Waals surface area contributed by atoms with Crippen LogP contribution in [0.2, 0.25) is 0 Å². The van der Waals surface area contributed by atoms with E-state index < -0.39 is 0 Å². The zero-order valence-corrected chi connectivity index (χ0v) is 10.6. The van der Waals surface area contributed by atoms with E-state index in [1.54, 1.807) is 12.4 Å². The summed E-state index contributed by atoms with van der Waals surface area (Å²) in [7, 11) is 1.85. The minimum absolute atomic E-state index is 0.840. The fourth-order valence-electron chi connectivity index (χ4n) is 1.97. The van der Waals surface area contributed by atoms with Crippen LogP contribution < -0.4 is 10.6 Å². The monoisotopic (exact) mass is 250 g/mol. The summed E-state index contributed by atoms with van der Waals surface area (Å²) < 4.78 is 0.